The molecule has 0 bridgehead atoms. The van der Waals surface area contributed by atoms with Gasteiger partial charge in [-0.15, -0.1) is 0 Å². The molecule has 0 saturated carbocycles. The summed E-state index contributed by atoms with van der Waals surface area (Å²) in [4.78, 5) is 0. The lowest BCUT2D eigenvalue weighted by Crippen LogP contribution is -1.92. The van der Waals surface area contributed by atoms with Gasteiger partial charge in [0.05, 0.1) is 5.02 Å². The molecule has 0 radical (unpaired) electrons. The fourth-order valence-electron chi connectivity index (χ4n) is 1.58. The van der Waals surface area contributed by atoms with Crippen LogP contribution in [0.2, 0.25) is 5.02 Å². The van der Waals surface area contributed by atoms with Crippen molar-refractivity contribution in [2.24, 2.45) is 0 Å². The van der Waals surface area contributed by atoms with Crippen LogP contribution in [0, 0.1) is 24.4 Å². The molecule has 0 spiro atoms. The molecule has 0 unspecified atom stereocenters. The first-order valence-corrected chi connectivity index (χ1v) is 5.28. The molecule has 0 aliphatic heterocycles. The van der Waals surface area contributed by atoms with Crippen LogP contribution in [0.5, 0.6) is 0 Å². The van der Waals surface area contributed by atoms with Crippen molar-refractivity contribution in [3.63, 3.8) is 0 Å². The van der Waals surface area contributed by atoms with Gasteiger partial charge in [0, 0.05) is 11.1 Å². The van der Waals surface area contributed by atoms with Gasteiger partial charge in [0.15, 0.2) is 11.6 Å². The van der Waals surface area contributed by atoms with Crippen LogP contribution < -0.4 is 0 Å². The van der Waals surface area contributed by atoms with E-state index in [1.54, 1.807) is 19.1 Å². The molecule has 4 heteroatoms. The molecule has 0 saturated heterocycles. The normalized spacial score (nSPS) is 10.6. The second-order valence-corrected chi connectivity index (χ2v) is 4.09. The van der Waals surface area contributed by atoms with E-state index in [-0.39, 0.29) is 16.1 Å². The summed E-state index contributed by atoms with van der Waals surface area (Å²) in [5.41, 5.74) is 0.726. The summed E-state index contributed by atoms with van der Waals surface area (Å²) in [6.45, 7) is 1.59. The molecular weight excluding hydrogens is 249 g/mol. The maximum atomic E-state index is 13.8. The molecule has 2 aromatic carbocycles. The molecular formula is C13H8ClF3. The van der Waals surface area contributed by atoms with Crippen molar-refractivity contribution in [1.29, 1.82) is 0 Å². The van der Waals surface area contributed by atoms with Crippen LogP contribution in [0.25, 0.3) is 11.1 Å². The van der Waals surface area contributed by atoms with E-state index in [9.17, 15) is 13.2 Å². The van der Waals surface area contributed by atoms with Gasteiger partial charge in [0.2, 0.25) is 0 Å². The Morgan fingerprint density at radius 3 is 2.29 bits per heavy atom. The number of hydrogen-bond donors (Lipinski definition) is 0. The van der Waals surface area contributed by atoms with E-state index in [0.29, 0.717) is 5.56 Å². The average molecular weight is 257 g/mol. The molecule has 2 rings (SSSR count). The van der Waals surface area contributed by atoms with Crippen molar-refractivity contribution >= 4 is 11.6 Å². The second kappa shape index (κ2) is 4.41. The van der Waals surface area contributed by atoms with Gasteiger partial charge in [0.25, 0.3) is 0 Å². The minimum absolute atomic E-state index is 0.0200. The van der Waals surface area contributed by atoms with E-state index in [1.807, 2.05) is 0 Å². The molecule has 0 aliphatic rings. The van der Waals surface area contributed by atoms with Gasteiger partial charge in [-0.2, -0.15) is 0 Å². The third-order valence-corrected chi connectivity index (χ3v) is 2.80. The fourth-order valence-corrected chi connectivity index (χ4v) is 1.84. The highest BCUT2D eigenvalue weighted by atomic mass is 35.5. The van der Waals surface area contributed by atoms with E-state index in [4.69, 9.17) is 11.6 Å². The average Bonchev–Trinajstić information content (AvgIpc) is 2.28. The summed E-state index contributed by atoms with van der Waals surface area (Å²) in [6.07, 6.45) is 0. The number of rotatable bonds is 1. The van der Waals surface area contributed by atoms with Gasteiger partial charge in [-0.1, -0.05) is 29.8 Å². The first-order chi connectivity index (χ1) is 8.00. The number of hydrogen-bond acceptors (Lipinski definition) is 0. The largest absolute Gasteiger partial charge is 0.206 e. The van der Waals surface area contributed by atoms with Crippen molar-refractivity contribution in [2.75, 3.05) is 0 Å². The predicted molar refractivity (Wildman–Crippen MR) is 61.5 cm³/mol. The van der Waals surface area contributed by atoms with Gasteiger partial charge >= 0.3 is 0 Å². The first-order valence-electron chi connectivity index (χ1n) is 4.90. The van der Waals surface area contributed by atoms with Gasteiger partial charge in [0.1, 0.15) is 5.82 Å². The summed E-state index contributed by atoms with van der Waals surface area (Å²) < 4.78 is 39.8. The zero-order valence-corrected chi connectivity index (χ0v) is 9.65. The molecule has 88 valence electrons. The third-order valence-electron chi connectivity index (χ3n) is 2.49. The molecule has 0 aliphatic carbocycles. The van der Waals surface area contributed by atoms with Crippen LogP contribution in [-0.2, 0) is 0 Å². The van der Waals surface area contributed by atoms with Crippen molar-refractivity contribution in [2.45, 2.75) is 6.92 Å². The van der Waals surface area contributed by atoms with Gasteiger partial charge < -0.3 is 0 Å². The Bertz CT molecular complexity index is 579. The predicted octanol–water partition coefficient (Wildman–Crippen LogP) is 4.73. The summed E-state index contributed by atoms with van der Waals surface area (Å²) in [7, 11) is 0. The van der Waals surface area contributed by atoms with Crippen LogP contribution in [0.15, 0.2) is 30.3 Å². The minimum atomic E-state index is -1.05. The van der Waals surface area contributed by atoms with Crippen molar-refractivity contribution in [1.82, 2.24) is 0 Å². The molecule has 0 N–H and O–H groups in total. The van der Waals surface area contributed by atoms with Gasteiger partial charge in [-0.25, -0.2) is 13.2 Å². The minimum Gasteiger partial charge on any atom is -0.206 e. The number of halogens is 4. The Balaban J connectivity index is 2.69. The smallest absolute Gasteiger partial charge is 0.160 e. The lowest BCUT2D eigenvalue weighted by molar-refractivity contribution is 0.509. The lowest BCUT2D eigenvalue weighted by Gasteiger charge is -2.08. The summed E-state index contributed by atoms with van der Waals surface area (Å²) in [5, 5.41) is -0.0200. The van der Waals surface area contributed by atoms with Crippen LogP contribution in [-0.4, -0.2) is 0 Å². The molecule has 17 heavy (non-hydrogen) atoms. The zero-order valence-electron chi connectivity index (χ0n) is 8.90. The second-order valence-electron chi connectivity index (χ2n) is 3.68. The van der Waals surface area contributed by atoms with Crippen LogP contribution in [0.3, 0.4) is 0 Å². The Kier molecular flexibility index (Phi) is 3.11. The maximum Gasteiger partial charge on any atom is 0.160 e. The van der Waals surface area contributed by atoms with E-state index in [2.05, 4.69) is 0 Å². The monoisotopic (exact) mass is 256 g/mol. The molecule has 0 heterocycles. The maximum absolute atomic E-state index is 13.8. The molecule has 0 amide bonds. The Labute approximate surface area is 102 Å². The summed E-state index contributed by atoms with van der Waals surface area (Å²) >= 11 is 5.79. The van der Waals surface area contributed by atoms with Gasteiger partial charge in [-0.3, -0.25) is 0 Å². The topological polar surface area (TPSA) is 0 Å². The van der Waals surface area contributed by atoms with E-state index >= 15 is 0 Å². The molecule has 0 fully saturated rings. The van der Waals surface area contributed by atoms with Crippen molar-refractivity contribution in [3.8, 4) is 11.1 Å². The number of aryl methyl sites for hydroxylation is 1. The van der Waals surface area contributed by atoms with E-state index in [0.717, 1.165) is 12.1 Å². The van der Waals surface area contributed by atoms with E-state index < -0.39 is 17.5 Å². The quantitative estimate of drug-likeness (QED) is 0.647. The molecule has 0 atom stereocenters. The van der Waals surface area contributed by atoms with Crippen LogP contribution in [0.1, 0.15) is 5.56 Å². The van der Waals surface area contributed by atoms with Gasteiger partial charge in [-0.05, 0) is 24.6 Å². The van der Waals surface area contributed by atoms with Crippen molar-refractivity contribution < 1.29 is 13.2 Å². The van der Waals surface area contributed by atoms with Crippen LogP contribution >= 0.6 is 11.6 Å². The highest BCUT2D eigenvalue weighted by molar-refractivity contribution is 6.33. The summed E-state index contributed by atoms with van der Waals surface area (Å²) in [5.74, 6) is -2.59. The summed E-state index contributed by atoms with van der Waals surface area (Å²) in [6, 6.07) is 6.43. The zero-order chi connectivity index (χ0) is 12.6. The first kappa shape index (κ1) is 12.0. The SMILES string of the molecule is Cc1cccc(-c2cc(F)c(F)cc2Cl)c1F. The Hall–Kier alpha value is -1.48. The Morgan fingerprint density at radius 1 is 0.941 bits per heavy atom. The molecule has 0 nitrogen and oxygen atoms in total. The fraction of sp³-hybridized carbons (Fsp3) is 0.0769. The van der Waals surface area contributed by atoms with Crippen LogP contribution in [0.4, 0.5) is 13.2 Å². The molecule has 0 aromatic heterocycles. The molecule has 2 aromatic rings. The number of benzene rings is 2. The lowest BCUT2D eigenvalue weighted by atomic mass is 10.0. The van der Waals surface area contributed by atoms with Crippen molar-refractivity contribution in [3.05, 3.63) is 58.4 Å². The van der Waals surface area contributed by atoms with E-state index in [1.165, 1.54) is 6.07 Å². The third kappa shape index (κ3) is 2.15. The Morgan fingerprint density at radius 2 is 1.59 bits per heavy atom. The highest BCUT2D eigenvalue weighted by Crippen LogP contribution is 2.32. The standard InChI is InChI=1S/C13H8ClF3/c1-7-3-2-4-8(13(7)17)9-5-11(15)12(16)6-10(9)14/h2-6H,1H3. The highest BCUT2D eigenvalue weighted by Gasteiger charge is 2.14.